The lowest BCUT2D eigenvalue weighted by molar-refractivity contribution is -0.384. The number of amides is 1. The van der Waals surface area contributed by atoms with Crippen LogP contribution in [-0.4, -0.2) is 44.6 Å². The van der Waals surface area contributed by atoms with E-state index >= 15 is 0 Å². The number of carbonyl (C=O) groups excluding carboxylic acids is 2. The number of likely N-dealkylation sites (tertiary alicyclic amines) is 1. The summed E-state index contributed by atoms with van der Waals surface area (Å²) in [4.78, 5) is 35.0. The average Bonchev–Trinajstić information content (AvgIpc) is 2.47. The molecule has 0 bridgehead atoms. The van der Waals surface area contributed by atoms with Gasteiger partial charge in [-0.25, -0.2) is 0 Å². The van der Waals surface area contributed by atoms with E-state index < -0.39 is 15.7 Å². The lowest BCUT2D eigenvalue weighted by Gasteiger charge is -2.25. The molecule has 0 aromatic heterocycles. The van der Waals surface area contributed by atoms with E-state index in [1.54, 1.807) is 0 Å². The number of Topliss-reactive ketones (excluding diaryl/α,β-unsaturated/α-hetero) is 1. The van der Waals surface area contributed by atoms with Gasteiger partial charge in [0.2, 0.25) is 5.91 Å². The van der Waals surface area contributed by atoms with Crippen molar-refractivity contribution in [2.45, 2.75) is 17.7 Å². The Labute approximate surface area is 123 Å². The summed E-state index contributed by atoms with van der Waals surface area (Å²) in [5, 5.41) is 10.5. The van der Waals surface area contributed by atoms with Crippen LogP contribution in [0.3, 0.4) is 0 Å². The molecule has 1 aromatic rings. The summed E-state index contributed by atoms with van der Waals surface area (Å²) in [7, 11) is -1.54. The lowest BCUT2D eigenvalue weighted by Crippen LogP contribution is -2.40. The molecule has 1 aliphatic heterocycles. The number of hydrogen-bond acceptors (Lipinski definition) is 5. The normalized spacial score (nSPS) is 16.6. The number of rotatable bonds is 4. The highest BCUT2D eigenvalue weighted by atomic mass is 32.2. The van der Waals surface area contributed by atoms with Gasteiger partial charge in [-0.1, -0.05) is 0 Å². The number of benzene rings is 1. The quantitative estimate of drug-likeness (QED) is 0.608. The number of nitro benzene ring substituents is 1. The van der Waals surface area contributed by atoms with Crippen molar-refractivity contribution in [1.82, 2.24) is 4.90 Å². The fraction of sp³-hybridized carbons (Fsp3) is 0.385. The molecule has 112 valence electrons. The van der Waals surface area contributed by atoms with Crippen LogP contribution in [0.5, 0.6) is 0 Å². The summed E-state index contributed by atoms with van der Waals surface area (Å²) in [6.45, 7) is 0.740. The van der Waals surface area contributed by atoms with E-state index in [-0.39, 0.29) is 23.1 Å². The van der Waals surface area contributed by atoms with E-state index in [9.17, 15) is 23.9 Å². The van der Waals surface area contributed by atoms with Gasteiger partial charge < -0.3 is 4.90 Å². The topological polar surface area (TPSA) is 97.6 Å². The maximum atomic E-state index is 12.1. The first-order chi connectivity index (χ1) is 9.97. The molecule has 0 spiro atoms. The average molecular weight is 310 g/mol. The predicted molar refractivity (Wildman–Crippen MR) is 75.2 cm³/mol. The van der Waals surface area contributed by atoms with Gasteiger partial charge in [-0.2, -0.15) is 0 Å². The van der Waals surface area contributed by atoms with Crippen molar-refractivity contribution in [3.63, 3.8) is 0 Å². The molecule has 7 nitrogen and oxygen atoms in total. The highest BCUT2D eigenvalue weighted by molar-refractivity contribution is 7.85. The fourth-order valence-corrected chi connectivity index (χ4v) is 3.03. The first-order valence-corrected chi connectivity index (χ1v) is 7.71. The minimum absolute atomic E-state index is 0.0865. The third-order valence-corrected chi connectivity index (χ3v) is 4.55. The Kier molecular flexibility index (Phi) is 4.79. The molecule has 2 rings (SSSR count). The SMILES string of the molecule is O=C1CCN(C(=O)CS(=O)c2ccc([N+](=O)[O-])cc2)CC1. The molecule has 8 heteroatoms. The lowest BCUT2D eigenvalue weighted by atomic mass is 10.1. The summed E-state index contributed by atoms with van der Waals surface area (Å²) < 4.78 is 12.1. The van der Waals surface area contributed by atoms with Crippen molar-refractivity contribution >= 4 is 28.2 Å². The fourth-order valence-electron chi connectivity index (χ4n) is 2.01. The molecular weight excluding hydrogens is 296 g/mol. The van der Waals surface area contributed by atoms with Gasteiger partial charge in [0.05, 0.1) is 15.7 Å². The summed E-state index contributed by atoms with van der Waals surface area (Å²) in [5.41, 5.74) is -0.0865. The molecule has 21 heavy (non-hydrogen) atoms. The molecular formula is C13H14N2O5S. The second-order valence-electron chi connectivity index (χ2n) is 4.66. The van der Waals surface area contributed by atoms with Crippen molar-refractivity contribution in [2.75, 3.05) is 18.8 Å². The van der Waals surface area contributed by atoms with Gasteiger partial charge in [-0.05, 0) is 12.1 Å². The molecule has 1 heterocycles. The first kappa shape index (κ1) is 15.3. The number of nitrogens with zero attached hydrogens (tertiary/aromatic N) is 2. The Bertz CT molecular complexity index is 589. The Hall–Kier alpha value is -2.09. The molecule has 1 saturated heterocycles. The molecule has 0 radical (unpaired) electrons. The zero-order chi connectivity index (χ0) is 15.4. The molecule has 1 aromatic carbocycles. The molecule has 1 aliphatic rings. The Morgan fingerprint density at radius 3 is 2.33 bits per heavy atom. The van der Waals surface area contributed by atoms with E-state index in [1.165, 1.54) is 29.2 Å². The van der Waals surface area contributed by atoms with Gasteiger partial charge >= 0.3 is 0 Å². The van der Waals surface area contributed by atoms with Crippen LogP contribution in [0.25, 0.3) is 0 Å². The molecule has 1 fully saturated rings. The van der Waals surface area contributed by atoms with Crippen molar-refractivity contribution in [2.24, 2.45) is 0 Å². The van der Waals surface area contributed by atoms with Crippen molar-refractivity contribution in [3.8, 4) is 0 Å². The largest absolute Gasteiger partial charge is 0.341 e. The summed E-state index contributed by atoms with van der Waals surface area (Å²) >= 11 is 0. The number of ketones is 1. The highest BCUT2D eigenvalue weighted by Gasteiger charge is 2.22. The van der Waals surface area contributed by atoms with Crippen molar-refractivity contribution < 1.29 is 18.7 Å². The number of hydrogen-bond donors (Lipinski definition) is 0. The number of nitro groups is 1. The smallest absolute Gasteiger partial charge is 0.269 e. The van der Waals surface area contributed by atoms with Crippen LogP contribution in [0.1, 0.15) is 12.8 Å². The number of piperidine rings is 1. The highest BCUT2D eigenvalue weighted by Crippen LogP contribution is 2.15. The van der Waals surface area contributed by atoms with Crippen LogP contribution in [0.2, 0.25) is 0 Å². The third kappa shape index (κ3) is 3.94. The van der Waals surface area contributed by atoms with E-state index in [1.807, 2.05) is 0 Å². The van der Waals surface area contributed by atoms with Gasteiger partial charge in [0.1, 0.15) is 11.5 Å². The van der Waals surface area contributed by atoms with Crippen LogP contribution in [0, 0.1) is 10.1 Å². The molecule has 1 amide bonds. The summed E-state index contributed by atoms with van der Waals surface area (Å²) in [6, 6.07) is 5.30. The van der Waals surface area contributed by atoms with E-state index in [2.05, 4.69) is 0 Å². The zero-order valence-electron chi connectivity index (χ0n) is 11.2. The van der Waals surface area contributed by atoms with Crippen LogP contribution >= 0.6 is 0 Å². The predicted octanol–water partition coefficient (Wildman–Crippen LogP) is 0.894. The Morgan fingerprint density at radius 1 is 1.24 bits per heavy atom. The standard InChI is InChI=1S/C13H14N2O5S/c16-11-5-7-14(8-6-11)13(17)9-21(20)12-3-1-10(2-4-12)15(18)19/h1-4H,5-9H2. The minimum Gasteiger partial charge on any atom is -0.341 e. The Morgan fingerprint density at radius 2 is 1.81 bits per heavy atom. The molecule has 0 N–H and O–H groups in total. The second-order valence-corrected chi connectivity index (χ2v) is 6.11. The maximum Gasteiger partial charge on any atom is 0.269 e. The third-order valence-electron chi connectivity index (χ3n) is 3.24. The first-order valence-electron chi connectivity index (χ1n) is 6.39. The van der Waals surface area contributed by atoms with Gasteiger partial charge in [-0.3, -0.25) is 23.9 Å². The van der Waals surface area contributed by atoms with Crippen LogP contribution in [-0.2, 0) is 20.4 Å². The van der Waals surface area contributed by atoms with Gasteiger partial charge in [0, 0.05) is 43.0 Å². The van der Waals surface area contributed by atoms with E-state index in [0.29, 0.717) is 30.8 Å². The maximum absolute atomic E-state index is 12.1. The van der Waals surface area contributed by atoms with E-state index in [0.717, 1.165) is 0 Å². The molecule has 0 saturated carbocycles. The van der Waals surface area contributed by atoms with Crippen molar-refractivity contribution in [1.29, 1.82) is 0 Å². The summed E-state index contributed by atoms with van der Waals surface area (Å²) in [5.74, 6) is -0.304. The zero-order valence-corrected chi connectivity index (χ0v) is 12.0. The molecule has 0 aliphatic carbocycles. The van der Waals surface area contributed by atoms with E-state index in [4.69, 9.17) is 0 Å². The van der Waals surface area contributed by atoms with Crippen LogP contribution in [0.4, 0.5) is 5.69 Å². The number of non-ortho nitro benzene ring substituents is 1. The summed E-state index contributed by atoms with van der Waals surface area (Å²) in [6.07, 6.45) is 0.686. The Balaban J connectivity index is 1.96. The van der Waals surface area contributed by atoms with Gasteiger partial charge in [0.15, 0.2) is 0 Å². The van der Waals surface area contributed by atoms with Crippen molar-refractivity contribution in [3.05, 3.63) is 34.4 Å². The van der Waals surface area contributed by atoms with Crippen LogP contribution in [0.15, 0.2) is 29.2 Å². The second kappa shape index (κ2) is 6.57. The molecule has 1 unspecified atom stereocenters. The van der Waals surface area contributed by atoms with Crippen LogP contribution < -0.4 is 0 Å². The monoisotopic (exact) mass is 310 g/mol. The van der Waals surface area contributed by atoms with Gasteiger partial charge in [0.25, 0.3) is 5.69 Å². The molecule has 1 atom stereocenters. The minimum atomic E-state index is -1.54. The van der Waals surface area contributed by atoms with Gasteiger partial charge in [-0.15, -0.1) is 0 Å². The number of carbonyl (C=O) groups is 2.